The van der Waals surface area contributed by atoms with Gasteiger partial charge in [-0.05, 0) is 0 Å². The number of rotatable bonds is 5. The molecule has 2 atom stereocenters. The second kappa shape index (κ2) is 6.62. The Hall–Kier alpha value is -3.02. The summed E-state index contributed by atoms with van der Waals surface area (Å²) in [4.78, 5) is 49.0. The van der Waals surface area contributed by atoms with E-state index in [-0.39, 0.29) is 5.78 Å². The van der Waals surface area contributed by atoms with E-state index in [9.17, 15) is 19.2 Å². The summed E-state index contributed by atoms with van der Waals surface area (Å²) < 4.78 is 4.90. The number of benzene rings is 1. The first-order valence-electron chi connectivity index (χ1n) is 7.52. The molecular weight excluding hydrogens is 310 g/mol. The fraction of sp³-hybridized carbons (Fsp3) is 0.222. The third-order valence-electron chi connectivity index (χ3n) is 3.98. The van der Waals surface area contributed by atoms with Crippen molar-refractivity contribution in [1.82, 2.24) is 4.90 Å². The van der Waals surface area contributed by atoms with Crippen molar-refractivity contribution in [3.05, 3.63) is 60.2 Å². The number of hydrogen-bond acceptors (Lipinski definition) is 5. The Morgan fingerprint density at radius 3 is 2.12 bits per heavy atom. The second-order valence-corrected chi connectivity index (χ2v) is 5.53. The highest BCUT2D eigenvalue weighted by atomic mass is 16.5. The summed E-state index contributed by atoms with van der Waals surface area (Å²) in [5.41, 5.74) is 0.430. The first-order chi connectivity index (χ1) is 11.6. The zero-order chi connectivity index (χ0) is 17.1. The van der Waals surface area contributed by atoms with Crippen LogP contribution in [0.15, 0.2) is 54.6 Å². The van der Waals surface area contributed by atoms with Crippen LogP contribution in [0.3, 0.4) is 0 Å². The number of nitrogens with zero attached hydrogens (tertiary/aromatic N) is 1. The number of allylic oxidation sites excluding steroid dienone is 2. The van der Waals surface area contributed by atoms with Crippen molar-refractivity contribution in [1.29, 1.82) is 0 Å². The Morgan fingerprint density at radius 1 is 0.958 bits per heavy atom. The van der Waals surface area contributed by atoms with Crippen LogP contribution in [0, 0.1) is 11.8 Å². The molecule has 3 rings (SSSR count). The molecule has 122 valence electrons. The second-order valence-electron chi connectivity index (χ2n) is 5.53. The van der Waals surface area contributed by atoms with Crippen LogP contribution in [0.5, 0.6) is 0 Å². The summed E-state index contributed by atoms with van der Waals surface area (Å²) in [6.45, 7) is -0.903. The molecule has 2 amide bonds. The van der Waals surface area contributed by atoms with Crippen LogP contribution in [0.4, 0.5) is 0 Å². The number of ether oxygens (including phenoxy) is 1. The Bertz CT molecular complexity index is 720. The lowest BCUT2D eigenvalue weighted by Gasteiger charge is -2.13. The summed E-state index contributed by atoms with van der Waals surface area (Å²) >= 11 is 0. The quantitative estimate of drug-likeness (QED) is 0.461. The predicted molar refractivity (Wildman–Crippen MR) is 83.7 cm³/mol. The fourth-order valence-electron chi connectivity index (χ4n) is 2.73. The lowest BCUT2D eigenvalue weighted by Crippen LogP contribution is -2.37. The zero-order valence-electron chi connectivity index (χ0n) is 12.8. The maximum absolute atomic E-state index is 12.2. The van der Waals surface area contributed by atoms with Gasteiger partial charge in [0.25, 0.3) is 0 Å². The minimum absolute atomic E-state index is 0.345. The summed E-state index contributed by atoms with van der Waals surface area (Å²) in [5.74, 6) is -3.08. The monoisotopic (exact) mass is 325 g/mol. The number of likely N-dealkylation sites (tertiary alicyclic amines) is 1. The van der Waals surface area contributed by atoms with Crippen molar-refractivity contribution in [2.75, 3.05) is 13.2 Å². The van der Waals surface area contributed by atoms with Crippen LogP contribution in [-0.2, 0) is 19.1 Å². The van der Waals surface area contributed by atoms with E-state index in [4.69, 9.17) is 4.74 Å². The summed E-state index contributed by atoms with van der Waals surface area (Å²) in [5, 5.41) is 0. The molecule has 1 heterocycles. The molecule has 1 fully saturated rings. The molecule has 6 heteroatoms. The van der Waals surface area contributed by atoms with Gasteiger partial charge in [-0.15, -0.1) is 0 Å². The van der Waals surface area contributed by atoms with E-state index in [1.165, 1.54) is 0 Å². The van der Waals surface area contributed by atoms with Crippen LogP contribution in [0.2, 0.25) is 0 Å². The molecule has 2 aliphatic rings. The van der Waals surface area contributed by atoms with E-state index >= 15 is 0 Å². The van der Waals surface area contributed by atoms with Crippen LogP contribution in [0.1, 0.15) is 10.4 Å². The maximum atomic E-state index is 12.2. The zero-order valence-corrected chi connectivity index (χ0v) is 12.8. The van der Waals surface area contributed by atoms with E-state index in [0.717, 1.165) is 4.90 Å². The molecule has 1 saturated heterocycles. The highest BCUT2D eigenvalue weighted by molar-refractivity contribution is 6.09. The van der Waals surface area contributed by atoms with Crippen LogP contribution in [0.25, 0.3) is 0 Å². The summed E-state index contributed by atoms with van der Waals surface area (Å²) in [7, 11) is 0. The third kappa shape index (κ3) is 3.03. The van der Waals surface area contributed by atoms with Crippen LogP contribution < -0.4 is 0 Å². The predicted octanol–water partition coefficient (Wildman–Crippen LogP) is 1.14. The minimum Gasteiger partial charge on any atom is -0.456 e. The molecule has 24 heavy (non-hydrogen) atoms. The van der Waals surface area contributed by atoms with Gasteiger partial charge >= 0.3 is 5.97 Å². The van der Waals surface area contributed by atoms with Crippen molar-refractivity contribution in [3.63, 3.8) is 0 Å². The van der Waals surface area contributed by atoms with E-state index in [2.05, 4.69) is 0 Å². The Kier molecular flexibility index (Phi) is 4.37. The molecule has 0 radical (unpaired) electrons. The average Bonchev–Trinajstić information content (AvgIpc) is 2.86. The number of amides is 2. The lowest BCUT2D eigenvalue weighted by atomic mass is 9.91. The molecule has 1 aromatic carbocycles. The van der Waals surface area contributed by atoms with E-state index < -0.39 is 42.8 Å². The normalized spacial score (nSPS) is 21.8. The van der Waals surface area contributed by atoms with Gasteiger partial charge < -0.3 is 4.74 Å². The van der Waals surface area contributed by atoms with Gasteiger partial charge in [0.2, 0.25) is 11.8 Å². The topological polar surface area (TPSA) is 80.8 Å². The number of carbonyl (C=O) groups is 4. The van der Waals surface area contributed by atoms with Crippen molar-refractivity contribution >= 4 is 23.6 Å². The highest BCUT2D eigenvalue weighted by Crippen LogP contribution is 2.30. The van der Waals surface area contributed by atoms with Crippen molar-refractivity contribution < 1.29 is 23.9 Å². The molecule has 0 bridgehead atoms. The van der Waals surface area contributed by atoms with Gasteiger partial charge in [0.15, 0.2) is 12.4 Å². The molecule has 1 aromatic rings. The van der Waals surface area contributed by atoms with Gasteiger partial charge in [-0.25, -0.2) is 0 Å². The van der Waals surface area contributed by atoms with Crippen LogP contribution >= 0.6 is 0 Å². The summed E-state index contributed by atoms with van der Waals surface area (Å²) in [6, 6.07) is 8.43. The molecule has 0 saturated carbocycles. The van der Waals surface area contributed by atoms with Gasteiger partial charge in [0, 0.05) is 5.56 Å². The first kappa shape index (κ1) is 15.9. The van der Waals surface area contributed by atoms with E-state index in [1.807, 2.05) is 0 Å². The third-order valence-corrected chi connectivity index (χ3v) is 3.98. The van der Waals surface area contributed by atoms with Crippen LogP contribution in [-0.4, -0.2) is 41.6 Å². The highest BCUT2D eigenvalue weighted by Gasteiger charge is 2.46. The van der Waals surface area contributed by atoms with Gasteiger partial charge in [-0.1, -0.05) is 54.6 Å². The van der Waals surface area contributed by atoms with Gasteiger partial charge in [0.05, 0.1) is 11.8 Å². The number of fused-ring (bicyclic) bond motifs is 1. The first-order valence-corrected chi connectivity index (χ1v) is 7.52. The smallest absolute Gasteiger partial charge is 0.326 e. The number of Topliss-reactive ketones (excluding diaryl/α,β-unsaturated/α-hetero) is 1. The number of carbonyl (C=O) groups excluding carboxylic acids is 4. The Morgan fingerprint density at radius 2 is 1.54 bits per heavy atom. The average molecular weight is 325 g/mol. The molecule has 1 aliphatic carbocycles. The maximum Gasteiger partial charge on any atom is 0.326 e. The van der Waals surface area contributed by atoms with Crippen molar-refractivity contribution in [2.24, 2.45) is 11.8 Å². The number of ketones is 1. The molecule has 2 unspecified atom stereocenters. The standard InChI is InChI=1S/C18H15NO5/c20-15(12-6-2-1-3-7-12)11-24-16(21)10-19-17(22)13-8-4-5-9-14(13)18(19)23/h1-9,13-14H,10-11H2. The van der Waals surface area contributed by atoms with Gasteiger partial charge in [-0.3, -0.25) is 24.1 Å². The molecular formula is C18H15NO5. The summed E-state index contributed by atoms with van der Waals surface area (Å²) in [6.07, 6.45) is 6.70. The molecule has 0 spiro atoms. The molecule has 0 N–H and O–H groups in total. The van der Waals surface area contributed by atoms with Crippen molar-refractivity contribution in [3.8, 4) is 0 Å². The number of imide groups is 1. The Balaban J connectivity index is 1.56. The van der Waals surface area contributed by atoms with E-state index in [1.54, 1.807) is 54.6 Å². The SMILES string of the molecule is O=C(CN1C(=O)C2C=CC=CC2C1=O)OCC(=O)c1ccccc1. The number of hydrogen-bond donors (Lipinski definition) is 0. The lowest BCUT2D eigenvalue weighted by molar-refractivity contribution is -0.152. The number of esters is 1. The molecule has 0 aromatic heterocycles. The minimum atomic E-state index is -0.785. The molecule has 6 nitrogen and oxygen atoms in total. The Labute approximate surface area is 138 Å². The van der Waals surface area contributed by atoms with Crippen molar-refractivity contribution in [2.45, 2.75) is 0 Å². The molecule has 1 aliphatic heterocycles. The van der Waals surface area contributed by atoms with E-state index in [0.29, 0.717) is 5.56 Å². The largest absolute Gasteiger partial charge is 0.456 e. The van der Waals surface area contributed by atoms with Gasteiger partial charge in [-0.2, -0.15) is 0 Å². The van der Waals surface area contributed by atoms with Gasteiger partial charge in [0.1, 0.15) is 6.54 Å². The fourth-order valence-corrected chi connectivity index (χ4v) is 2.73.